The van der Waals surface area contributed by atoms with E-state index in [1.807, 2.05) is 31.2 Å². The fraction of sp³-hybridized carbons (Fsp3) is 0.588. The molecule has 110 valence electrons. The summed E-state index contributed by atoms with van der Waals surface area (Å²) in [4.78, 5) is 12.6. The number of ether oxygens (including phenoxy) is 1. The molecule has 0 bridgehead atoms. The largest absolute Gasteiger partial charge is 0.496 e. The van der Waals surface area contributed by atoms with Crippen LogP contribution in [-0.2, 0) is 0 Å². The van der Waals surface area contributed by atoms with Gasteiger partial charge in [-0.25, -0.2) is 0 Å². The number of hydrogen-bond donors (Lipinski definition) is 1. The van der Waals surface area contributed by atoms with Crippen molar-refractivity contribution in [2.24, 2.45) is 5.92 Å². The van der Waals surface area contributed by atoms with Gasteiger partial charge in [0.2, 0.25) is 0 Å². The zero-order valence-electron chi connectivity index (χ0n) is 12.7. The van der Waals surface area contributed by atoms with E-state index in [1.165, 1.54) is 25.7 Å². The molecule has 1 aliphatic carbocycles. The summed E-state index contributed by atoms with van der Waals surface area (Å²) >= 11 is 0. The molecule has 1 N–H and O–H groups in total. The summed E-state index contributed by atoms with van der Waals surface area (Å²) in [6.07, 6.45) is 5.00. The molecule has 0 saturated heterocycles. The molecule has 0 heterocycles. The van der Waals surface area contributed by atoms with E-state index in [0.29, 0.717) is 23.3 Å². The molecule has 1 saturated carbocycles. The van der Waals surface area contributed by atoms with Crippen LogP contribution in [0.5, 0.6) is 5.75 Å². The van der Waals surface area contributed by atoms with Crippen LogP contribution >= 0.6 is 0 Å². The number of hydrogen-bond acceptors (Lipinski definition) is 3. The minimum atomic E-state index is -0.170. The summed E-state index contributed by atoms with van der Waals surface area (Å²) in [5.41, 5.74) is 0.665. The molecule has 3 unspecified atom stereocenters. The van der Waals surface area contributed by atoms with Gasteiger partial charge in [-0.1, -0.05) is 31.9 Å². The third kappa shape index (κ3) is 3.40. The first-order chi connectivity index (χ1) is 9.63. The fourth-order valence-electron chi connectivity index (χ4n) is 3.04. The molecule has 2 rings (SSSR count). The Hall–Kier alpha value is -1.35. The van der Waals surface area contributed by atoms with Gasteiger partial charge in [0.25, 0.3) is 0 Å². The van der Waals surface area contributed by atoms with Gasteiger partial charge in [-0.3, -0.25) is 4.79 Å². The molecule has 1 aromatic rings. The van der Waals surface area contributed by atoms with Crippen LogP contribution in [0.4, 0.5) is 0 Å². The zero-order chi connectivity index (χ0) is 14.5. The monoisotopic (exact) mass is 275 g/mol. The number of ketones is 1. The normalized spacial score (nSPS) is 24.1. The van der Waals surface area contributed by atoms with Gasteiger partial charge in [0.05, 0.1) is 18.7 Å². The van der Waals surface area contributed by atoms with Crippen molar-refractivity contribution in [2.75, 3.05) is 7.11 Å². The van der Waals surface area contributed by atoms with Crippen LogP contribution < -0.4 is 10.1 Å². The Balaban J connectivity index is 2.04. The average molecular weight is 275 g/mol. The van der Waals surface area contributed by atoms with Crippen molar-refractivity contribution in [3.05, 3.63) is 29.8 Å². The fourth-order valence-corrected chi connectivity index (χ4v) is 3.04. The topological polar surface area (TPSA) is 38.3 Å². The zero-order valence-corrected chi connectivity index (χ0v) is 12.7. The second kappa shape index (κ2) is 6.89. The average Bonchev–Trinajstić information content (AvgIpc) is 2.48. The molecule has 0 amide bonds. The van der Waals surface area contributed by atoms with Crippen LogP contribution in [0.1, 0.15) is 49.9 Å². The first kappa shape index (κ1) is 15.0. The minimum absolute atomic E-state index is 0.111. The van der Waals surface area contributed by atoms with Crippen LogP contribution in [-0.4, -0.2) is 25.0 Å². The molecule has 1 fully saturated rings. The second-order valence-corrected chi connectivity index (χ2v) is 5.82. The molecule has 3 nitrogen and oxygen atoms in total. The Morgan fingerprint density at radius 2 is 2.00 bits per heavy atom. The maximum atomic E-state index is 12.6. The van der Waals surface area contributed by atoms with E-state index in [0.717, 1.165) is 0 Å². The molecule has 0 aliphatic heterocycles. The van der Waals surface area contributed by atoms with E-state index in [9.17, 15) is 4.79 Å². The van der Waals surface area contributed by atoms with Gasteiger partial charge < -0.3 is 10.1 Å². The number of para-hydroxylation sites is 1. The summed E-state index contributed by atoms with van der Waals surface area (Å²) in [5, 5.41) is 3.51. The number of carbonyl (C=O) groups is 1. The Labute approximate surface area is 121 Å². The van der Waals surface area contributed by atoms with E-state index >= 15 is 0 Å². The highest BCUT2D eigenvalue weighted by atomic mass is 16.5. The number of nitrogens with one attached hydrogen (secondary N) is 1. The first-order valence-corrected chi connectivity index (χ1v) is 7.56. The van der Waals surface area contributed by atoms with E-state index in [2.05, 4.69) is 12.2 Å². The molecule has 0 radical (unpaired) electrons. The number of methoxy groups -OCH3 is 1. The molecule has 3 atom stereocenters. The Morgan fingerprint density at radius 3 is 2.70 bits per heavy atom. The van der Waals surface area contributed by atoms with Crippen molar-refractivity contribution >= 4 is 5.78 Å². The predicted molar refractivity (Wildman–Crippen MR) is 81.3 cm³/mol. The number of carbonyl (C=O) groups excluding carboxylic acids is 1. The lowest BCUT2D eigenvalue weighted by molar-refractivity contribution is 0.0930. The van der Waals surface area contributed by atoms with E-state index in [4.69, 9.17) is 4.74 Å². The van der Waals surface area contributed by atoms with Gasteiger partial charge in [-0.15, -0.1) is 0 Å². The van der Waals surface area contributed by atoms with Crippen LogP contribution in [0.2, 0.25) is 0 Å². The molecular formula is C17H25NO2. The van der Waals surface area contributed by atoms with Gasteiger partial charge in [0, 0.05) is 6.04 Å². The Bertz CT molecular complexity index is 458. The van der Waals surface area contributed by atoms with Crippen LogP contribution in [0.15, 0.2) is 24.3 Å². The van der Waals surface area contributed by atoms with Crippen molar-refractivity contribution in [1.82, 2.24) is 5.32 Å². The molecule has 1 aliphatic rings. The molecule has 1 aromatic carbocycles. The number of benzene rings is 1. The third-order valence-electron chi connectivity index (χ3n) is 4.34. The maximum absolute atomic E-state index is 12.6. The SMILES string of the molecule is COc1ccccc1C(=O)C(C)NC1CCCCC1C. The van der Waals surface area contributed by atoms with Gasteiger partial charge in [-0.2, -0.15) is 0 Å². The van der Waals surface area contributed by atoms with Crippen molar-refractivity contribution in [2.45, 2.75) is 51.6 Å². The summed E-state index contributed by atoms with van der Waals surface area (Å²) in [6.45, 7) is 4.23. The van der Waals surface area contributed by atoms with Crippen LogP contribution in [0, 0.1) is 5.92 Å². The highest BCUT2D eigenvalue weighted by Gasteiger charge is 2.26. The van der Waals surface area contributed by atoms with Gasteiger partial charge >= 0.3 is 0 Å². The van der Waals surface area contributed by atoms with Gasteiger partial charge in [-0.05, 0) is 37.8 Å². The van der Waals surface area contributed by atoms with Crippen molar-refractivity contribution < 1.29 is 9.53 Å². The van der Waals surface area contributed by atoms with Crippen molar-refractivity contribution in [3.8, 4) is 5.75 Å². The first-order valence-electron chi connectivity index (χ1n) is 7.56. The van der Waals surface area contributed by atoms with Gasteiger partial charge in [0.15, 0.2) is 5.78 Å². The van der Waals surface area contributed by atoms with E-state index in [-0.39, 0.29) is 11.8 Å². The highest BCUT2D eigenvalue weighted by molar-refractivity contribution is 6.02. The lowest BCUT2D eigenvalue weighted by atomic mass is 9.85. The smallest absolute Gasteiger partial charge is 0.183 e. The Kier molecular flexibility index (Phi) is 5.18. The highest BCUT2D eigenvalue weighted by Crippen LogP contribution is 2.25. The third-order valence-corrected chi connectivity index (χ3v) is 4.34. The Morgan fingerprint density at radius 1 is 1.30 bits per heavy atom. The molecule has 3 heteroatoms. The minimum Gasteiger partial charge on any atom is -0.496 e. The quantitative estimate of drug-likeness (QED) is 0.837. The summed E-state index contributed by atoms with van der Waals surface area (Å²) in [6, 6.07) is 7.73. The van der Waals surface area contributed by atoms with Gasteiger partial charge in [0.1, 0.15) is 5.75 Å². The maximum Gasteiger partial charge on any atom is 0.183 e. The van der Waals surface area contributed by atoms with Crippen LogP contribution in [0.3, 0.4) is 0 Å². The summed E-state index contributed by atoms with van der Waals surface area (Å²) < 4.78 is 5.28. The molecule has 20 heavy (non-hydrogen) atoms. The molecule has 0 aromatic heterocycles. The lowest BCUT2D eigenvalue weighted by Gasteiger charge is -2.31. The van der Waals surface area contributed by atoms with E-state index in [1.54, 1.807) is 7.11 Å². The van der Waals surface area contributed by atoms with Crippen molar-refractivity contribution in [3.63, 3.8) is 0 Å². The van der Waals surface area contributed by atoms with Crippen molar-refractivity contribution in [1.29, 1.82) is 0 Å². The molecular weight excluding hydrogens is 250 g/mol. The summed E-state index contributed by atoms with van der Waals surface area (Å²) in [7, 11) is 1.60. The van der Waals surface area contributed by atoms with Crippen LogP contribution in [0.25, 0.3) is 0 Å². The number of rotatable bonds is 5. The van der Waals surface area contributed by atoms with E-state index < -0.39 is 0 Å². The summed E-state index contributed by atoms with van der Waals surface area (Å²) in [5.74, 6) is 1.42. The lowest BCUT2D eigenvalue weighted by Crippen LogP contribution is -2.45. The standard InChI is InChI=1S/C17H25NO2/c1-12-8-4-6-10-15(12)18-13(2)17(19)14-9-5-7-11-16(14)20-3/h5,7,9,11-13,15,18H,4,6,8,10H2,1-3H3. The number of Topliss-reactive ketones (excluding diaryl/α,β-unsaturated/α-hetero) is 1. The second-order valence-electron chi connectivity index (χ2n) is 5.82. The molecule has 0 spiro atoms. The predicted octanol–water partition coefficient (Wildman–Crippen LogP) is 3.43.